The number of piperidine rings is 1. The maximum absolute atomic E-state index is 13.1. The van der Waals surface area contributed by atoms with Gasteiger partial charge in [0.1, 0.15) is 11.4 Å². The first-order valence-corrected chi connectivity index (χ1v) is 10.2. The van der Waals surface area contributed by atoms with Crippen LogP contribution in [0.15, 0.2) is 48.7 Å². The van der Waals surface area contributed by atoms with Crippen molar-refractivity contribution in [3.63, 3.8) is 0 Å². The second kappa shape index (κ2) is 6.48. The van der Waals surface area contributed by atoms with Crippen LogP contribution < -0.4 is 4.74 Å². The summed E-state index contributed by atoms with van der Waals surface area (Å²) in [5.74, 6) is 1.01. The summed E-state index contributed by atoms with van der Waals surface area (Å²) < 4.78 is 8.52. The van der Waals surface area contributed by atoms with Gasteiger partial charge in [0.15, 0.2) is 0 Å². The Morgan fingerprint density at radius 1 is 1.10 bits per heavy atom. The van der Waals surface area contributed by atoms with Crippen molar-refractivity contribution in [3.8, 4) is 17.0 Å². The van der Waals surface area contributed by atoms with E-state index in [2.05, 4.69) is 24.2 Å². The zero-order chi connectivity index (χ0) is 20.2. The summed E-state index contributed by atoms with van der Waals surface area (Å²) >= 11 is 0. The van der Waals surface area contributed by atoms with Crippen molar-refractivity contribution >= 4 is 5.91 Å². The normalized spacial score (nSPS) is 16.9. The number of para-hydroxylation sites is 1. The van der Waals surface area contributed by atoms with Crippen LogP contribution in [0.1, 0.15) is 39.9 Å². The second-order valence-corrected chi connectivity index (χ2v) is 8.23. The topological polar surface area (TPSA) is 47.4 Å². The van der Waals surface area contributed by atoms with Crippen molar-refractivity contribution in [1.29, 1.82) is 0 Å². The molecule has 3 aromatic rings. The van der Waals surface area contributed by atoms with Crippen LogP contribution in [0.2, 0.25) is 0 Å². The zero-order valence-corrected chi connectivity index (χ0v) is 17.1. The first-order valence-electron chi connectivity index (χ1n) is 10.2. The van der Waals surface area contributed by atoms with Gasteiger partial charge in [0.25, 0.3) is 5.91 Å². The molecule has 2 aliphatic heterocycles. The SMILES string of the molecule is Cc1ccc(C(=O)N2CCC3(CC2)Oc2ccccc2-c2c3cnn2C)c(C)c1. The molecule has 0 atom stereocenters. The maximum Gasteiger partial charge on any atom is 0.254 e. The predicted octanol–water partition coefficient (Wildman–Crippen LogP) is 4.23. The predicted molar refractivity (Wildman–Crippen MR) is 112 cm³/mol. The van der Waals surface area contributed by atoms with E-state index in [0.29, 0.717) is 13.1 Å². The van der Waals surface area contributed by atoms with Crippen LogP contribution in [0.25, 0.3) is 11.3 Å². The van der Waals surface area contributed by atoms with Gasteiger partial charge < -0.3 is 9.64 Å². The monoisotopic (exact) mass is 387 g/mol. The van der Waals surface area contributed by atoms with Gasteiger partial charge in [-0.1, -0.05) is 29.8 Å². The minimum absolute atomic E-state index is 0.111. The highest BCUT2D eigenvalue weighted by atomic mass is 16.5. The van der Waals surface area contributed by atoms with Crippen molar-refractivity contribution in [3.05, 3.63) is 70.9 Å². The molecule has 1 fully saturated rings. The lowest BCUT2D eigenvalue weighted by Gasteiger charge is -2.44. The molecule has 0 aliphatic carbocycles. The maximum atomic E-state index is 13.1. The van der Waals surface area contributed by atoms with Gasteiger partial charge in [-0.3, -0.25) is 9.48 Å². The van der Waals surface area contributed by atoms with Gasteiger partial charge >= 0.3 is 0 Å². The number of hydrogen-bond acceptors (Lipinski definition) is 3. The molecule has 5 rings (SSSR count). The number of amides is 1. The summed E-state index contributed by atoms with van der Waals surface area (Å²) in [6, 6.07) is 14.2. The third kappa shape index (κ3) is 2.76. The minimum Gasteiger partial charge on any atom is -0.482 e. The highest BCUT2D eigenvalue weighted by Gasteiger charge is 2.45. The van der Waals surface area contributed by atoms with Gasteiger partial charge in [-0.15, -0.1) is 0 Å². The van der Waals surface area contributed by atoms with Crippen LogP contribution in [0, 0.1) is 13.8 Å². The Morgan fingerprint density at radius 3 is 2.62 bits per heavy atom. The van der Waals surface area contributed by atoms with Crippen molar-refractivity contribution in [2.45, 2.75) is 32.3 Å². The van der Waals surface area contributed by atoms with Gasteiger partial charge in [-0.25, -0.2) is 0 Å². The molecule has 1 amide bonds. The number of carbonyl (C=O) groups is 1. The number of aromatic nitrogens is 2. The zero-order valence-electron chi connectivity index (χ0n) is 17.1. The summed E-state index contributed by atoms with van der Waals surface area (Å²) in [4.78, 5) is 15.1. The van der Waals surface area contributed by atoms with Gasteiger partial charge in [0.2, 0.25) is 0 Å². The minimum atomic E-state index is -0.420. The number of fused-ring (bicyclic) bond motifs is 4. The molecule has 0 radical (unpaired) electrons. The summed E-state index contributed by atoms with van der Waals surface area (Å²) in [6.45, 7) is 5.40. The Hall–Kier alpha value is -3.08. The lowest BCUT2D eigenvalue weighted by atomic mass is 9.81. The molecule has 5 nitrogen and oxygen atoms in total. The van der Waals surface area contributed by atoms with Gasteiger partial charge in [0, 0.05) is 49.7 Å². The first-order chi connectivity index (χ1) is 14.0. The van der Waals surface area contributed by atoms with Crippen molar-refractivity contribution in [1.82, 2.24) is 14.7 Å². The molecule has 1 saturated heterocycles. The van der Waals surface area contributed by atoms with Crippen molar-refractivity contribution in [2.75, 3.05) is 13.1 Å². The highest BCUT2D eigenvalue weighted by Crippen LogP contribution is 2.49. The fourth-order valence-electron chi connectivity index (χ4n) is 4.77. The molecule has 2 aliphatic rings. The average molecular weight is 387 g/mol. The van der Waals surface area contributed by atoms with E-state index in [9.17, 15) is 4.79 Å². The number of likely N-dealkylation sites (tertiary alicyclic amines) is 1. The van der Waals surface area contributed by atoms with Crippen molar-refractivity contribution in [2.24, 2.45) is 7.05 Å². The third-order valence-electron chi connectivity index (χ3n) is 6.35. The first kappa shape index (κ1) is 18.0. The molecule has 0 saturated carbocycles. The van der Waals surface area contributed by atoms with Gasteiger partial charge in [-0.05, 0) is 37.6 Å². The van der Waals surface area contributed by atoms with Crippen molar-refractivity contribution < 1.29 is 9.53 Å². The van der Waals surface area contributed by atoms with E-state index < -0.39 is 5.60 Å². The number of hydrogen-bond donors (Lipinski definition) is 0. The van der Waals surface area contributed by atoms with E-state index in [0.717, 1.165) is 46.5 Å². The molecule has 3 heterocycles. The van der Waals surface area contributed by atoms with E-state index >= 15 is 0 Å². The number of rotatable bonds is 1. The Balaban J connectivity index is 1.43. The summed E-state index contributed by atoms with van der Waals surface area (Å²) in [6.07, 6.45) is 3.46. The fraction of sp³-hybridized carbons (Fsp3) is 0.333. The molecule has 0 unspecified atom stereocenters. The van der Waals surface area contributed by atoms with E-state index in [1.54, 1.807) is 0 Å². The molecule has 29 heavy (non-hydrogen) atoms. The van der Waals surface area contributed by atoms with Gasteiger partial charge in [-0.2, -0.15) is 5.10 Å². The van der Waals surface area contributed by atoms with Gasteiger partial charge in [0.05, 0.1) is 11.9 Å². The van der Waals surface area contributed by atoms with Crippen LogP contribution in [-0.2, 0) is 12.6 Å². The number of aryl methyl sites for hydroxylation is 3. The molecular formula is C24H25N3O2. The van der Waals surface area contributed by atoms with Crippen LogP contribution in [0.4, 0.5) is 0 Å². The summed E-state index contributed by atoms with van der Waals surface area (Å²) in [7, 11) is 1.98. The Kier molecular flexibility index (Phi) is 4.02. The lowest BCUT2D eigenvalue weighted by Crippen LogP contribution is -2.49. The van der Waals surface area contributed by atoms with Crippen LogP contribution >= 0.6 is 0 Å². The number of benzene rings is 2. The van der Waals surface area contributed by atoms with Crippen LogP contribution in [-0.4, -0.2) is 33.7 Å². The average Bonchev–Trinajstić information content (AvgIpc) is 3.11. The van der Waals surface area contributed by atoms with E-state index in [-0.39, 0.29) is 5.91 Å². The second-order valence-electron chi connectivity index (χ2n) is 8.23. The molecule has 5 heteroatoms. The fourth-order valence-corrected chi connectivity index (χ4v) is 4.77. The summed E-state index contributed by atoms with van der Waals surface area (Å²) in [5, 5.41) is 4.52. The summed E-state index contributed by atoms with van der Waals surface area (Å²) in [5.41, 5.74) is 5.93. The molecule has 1 aromatic heterocycles. The molecule has 2 aromatic carbocycles. The highest BCUT2D eigenvalue weighted by molar-refractivity contribution is 5.95. The Bertz CT molecular complexity index is 1110. The molecule has 148 valence electrons. The molecule has 1 spiro atoms. The largest absolute Gasteiger partial charge is 0.482 e. The smallest absolute Gasteiger partial charge is 0.254 e. The number of carbonyl (C=O) groups excluding carboxylic acids is 1. The molecular weight excluding hydrogens is 362 g/mol. The molecule has 0 bridgehead atoms. The van der Waals surface area contributed by atoms with Crippen LogP contribution in [0.5, 0.6) is 5.75 Å². The lowest BCUT2D eigenvalue weighted by molar-refractivity contribution is -0.00174. The standard InChI is InChI=1S/C24H25N3O2/c1-16-8-9-18(17(2)14-16)23(28)27-12-10-24(11-13-27)20-15-25-26(3)22(20)19-6-4-5-7-21(19)29-24/h4-9,14-15H,10-13H2,1-3H3. The molecule has 0 N–H and O–H groups in total. The van der Waals surface area contributed by atoms with E-state index in [4.69, 9.17) is 4.74 Å². The Labute approximate surface area is 170 Å². The number of ether oxygens (including phenoxy) is 1. The number of nitrogens with zero attached hydrogens (tertiary/aromatic N) is 3. The Morgan fingerprint density at radius 2 is 1.86 bits per heavy atom. The van der Waals surface area contributed by atoms with Crippen LogP contribution in [0.3, 0.4) is 0 Å². The van der Waals surface area contributed by atoms with E-state index in [1.807, 2.05) is 60.1 Å². The van der Waals surface area contributed by atoms with E-state index in [1.165, 1.54) is 5.56 Å². The third-order valence-corrected chi connectivity index (χ3v) is 6.35. The quantitative estimate of drug-likeness (QED) is 0.628.